The SMILES string of the molecule is C=C(C)CN1C(=O)C(=O)c2ccc(OC)cc21. The van der Waals surface area contributed by atoms with E-state index in [9.17, 15) is 9.59 Å². The first kappa shape index (κ1) is 11.4. The number of amides is 1. The molecule has 0 atom stereocenters. The molecule has 0 fully saturated rings. The Kier molecular flexibility index (Phi) is 2.71. The summed E-state index contributed by atoms with van der Waals surface area (Å²) < 4.78 is 5.09. The van der Waals surface area contributed by atoms with Crippen LogP contribution in [0.15, 0.2) is 30.4 Å². The summed E-state index contributed by atoms with van der Waals surface area (Å²) in [4.78, 5) is 25.0. The van der Waals surface area contributed by atoms with Gasteiger partial charge in [0.05, 0.1) is 18.4 Å². The topological polar surface area (TPSA) is 46.6 Å². The Hall–Kier alpha value is -2.10. The molecule has 0 bridgehead atoms. The van der Waals surface area contributed by atoms with E-state index in [4.69, 9.17) is 4.74 Å². The van der Waals surface area contributed by atoms with E-state index in [0.29, 0.717) is 23.5 Å². The number of hydrogen-bond acceptors (Lipinski definition) is 3. The minimum Gasteiger partial charge on any atom is -0.497 e. The molecule has 88 valence electrons. The van der Waals surface area contributed by atoms with Crippen LogP contribution in [0.5, 0.6) is 5.75 Å². The van der Waals surface area contributed by atoms with Crippen LogP contribution in [-0.2, 0) is 4.79 Å². The molecule has 2 rings (SSSR count). The maximum absolute atomic E-state index is 11.8. The third-order valence-electron chi connectivity index (χ3n) is 2.61. The van der Waals surface area contributed by atoms with Crippen molar-refractivity contribution in [1.29, 1.82) is 0 Å². The molecule has 1 aliphatic rings. The molecule has 0 N–H and O–H groups in total. The molecular weight excluding hydrogens is 218 g/mol. The summed E-state index contributed by atoms with van der Waals surface area (Å²) in [6, 6.07) is 4.99. The Balaban J connectivity index is 2.49. The number of ether oxygens (including phenoxy) is 1. The van der Waals surface area contributed by atoms with Crippen LogP contribution in [0.4, 0.5) is 5.69 Å². The molecule has 1 aromatic carbocycles. The van der Waals surface area contributed by atoms with E-state index >= 15 is 0 Å². The lowest BCUT2D eigenvalue weighted by atomic mass is 10.1. The summed E-state index contributed by atoms with van der Waals surface area (Å²) in [6.07, 6.45) is 0. The molecule has 0 saturated carbocycles. The van der Waals surface area contributed by atoms with E-state index in [1.165, 1.54) is 4.90 Å². The molecule has 1 aliphatic heterocycles. The van der Waals surface area contributed by atoms with Crippen LogP contribution in [0.25, 0.3) is 0 Å². The minimum absolute atomic E-state index is 0.352. The van der Waals surface area contributed by atoms with E-state index in [2.05, 4.69) is 6.58 Å². The third kappa shape index (κ3) is 1.82. The Morgan fingerprint density at radius 2 is 2.12 bits per heavy atom. The molecule has 0 spiro atoms. The summed E-state index contributed by atoms with van der Waals surface area (Å²) in [5.41, 5.74) is 1.85. The lowest BCUT2D eigenvalue weighted by Gasteiger charge is -2.16. The number of ketones is 1. The first-order valence-electron chi connectivity index (χ1n) is 5.23. The molecule has 1 heterocycles. The van der Waals surface area contributed by atoms with Gasteiger partial charge in [0.25, 0.3) is 11.7 Å². The average molecular weight is 231 g/mol. The fraction of sp³-hybridized carbons (Fsp3) is 0.231. The second-order valence-electron chi connectivity index (χ2n) is 4.06. The second-order valence-corrected chi connectivity index (χ2v) is 4.06. The van der Waals surface area contributed by atoms with Gasteiger partial charge in [0.15, 0.2) is 0 Å². The molecule has 17 heavy (non-hydrogen) atoms. The number of carbonyl (C=O) groups is 2. The summed E-state index contributed by atoms with van der Waals surface area (Å²) in [5.74, 6) is -0.349. The van der Waals surface area contributed by atoms with Crippen molar-refractivity contribution in [2.24, 2.45) is 0 Å². The van der Waals surface area contributed by atoms with Gasteiger partial charge in [-0.15, -0.1) is 0 Å². The summed E-state index contributed by atoms with van der Waals surface area (Å²) >= 11 is 0. The van der Waals surface area contributed by atoms with Crippen LogP contribution in [0, 0.1) is 0 Å². The van der Waals surface area contributed by atoms with E-state index in [-0.39, 0.29) is 0 Å². The minimum atomic E-state index is -0.503. The van der Waals surface area contributed by atoms with Gasteiger partial charge in [0, 0.05) is 12.6 Å². The highest BCUT2D eigenvalue weighted by Crippen LogP contribution is 2.32. The molecule has 0 aromatic heterocycles. The van der Waals surface area contributed by atoms with Gasteiger partial charge in [-0.25, -0.2) is 0 Å². The van der Waals surface area contributed by atoms with E-state index in [0.717, 1.165) is 5.57 Å². The van der Waals surface area contributed by atoms with Gasteiger partial charge in [-0.1, -0.05) is 12.2 Å². The Labute approximate surface area is 99.5 Å². The van der Waals surface area contributed by atoms with Crippen molar-refractivity contribution in [3.05, 3.63) is 35.9 Å². The molecule has 1 amide bonds. The Bertz CT molecular complexity index is 519. The maximum atomic E-state index is 11.8. The van der Waals surface area contributed by atoms with Crippen molar-refractivity contribution in [2.45, 2.75) is 6.92 Å². The van der Waals surface area contributed by atoms with Crippen molar-refractivity contribution >= 4 is 17.4 Å². The van der Waals surface area contributed by atoms with Gasteiger partial charge >= 0.3 is 0 Å². The molecule has 0 radical (unpaired) electrons. The fourth-order valence-corrected chi connectivity index (χ4v) is 1.83. The van der Waals surface area contributed by atoms with E-state index in [1.54, 1.807) is 25.3 Å². The molecule has 4 nitrogen and oxygen atoms in total. The predicted octanol–water partition coefficient (Wildman–Crippen LogP) is 1.80. The van der Waals surface area contributed by atoms with Crippen molar-refractivity contribution in [3.63, 3.8) is 0 Å². The van der Waals surface area contributed by atoms with Crippen molar-refractivity contribution < 1.29 is 14.3 Å². The summed E-state index contributed by atoms with van der Waals surface area (Å²) in [6.45, 7) is 5.92. The number of benzene rings is 1. The Morgan fingerprint density at radius 3 is 2.71 bits per heavy atom. The number of fused-ring (bicyclic) bond motifs is 1. The monoisotopic (exact) mass is 231 g/mol. The van der Waals surface area contributed by atoms with Crippen molar-refractivity contribution in [1.82, 2.24) is 0 Å². The number of hydrogen-bond donors (Lipinski definition) is 0. The zero-order chi connectivity index (χ0) is 12.6. The van der Waals surface area contributed by atoms with E-state index in [1.807, 2.05) is 6.92 Å². The number of rotatable bonds is 3. The molecular formula is C13H13NO3. The highest BCUT2D eigenvalue weighted by atomic mass is 16.5. The number of nitrogens with zero attached hydrogens (tertiary/aromatic N) is 1. The lowest BCUT2D eigenvalue weighted by Crippen LogP contribution is -2.30. The number of carbonyl (C=O) groups excluding carboxylic acids is 2. The van der Waals surface area contributed by atoms with Gasteiger partial charge in [-0.2, -0.15) is 0 Å². The van der Waals surface area contributed by atoms with E-state index < -0.39 is 11.7 Å². The van der Waals surface area contributed by atoms with Gasteiger partial charge in [-0.3, -0.25) is 9.59 Å². The lowest BCUT2D eigenvalue weighted by molar-refractivity contribution is -0.114. The zero-order valence-corrected chi connectivity index (χ0v) is 9.82. The zero-order valence-electron chi connectivity index (χ0n) is 9.82. The van der Waals surface area contributed by atoms with Crippen molar-refractivity contribution in [3.8, 4) is 5.75 Å². The van der Waals surface area contributed by atoms with Crippen LogP contribution >= 0.6 is 0 Å². The van der Waals surface area contributed by atoms with Gasteiger partial charge in [0.2, 0.25) is 0 Å². The molecule has 4 heteroatoms. The highest BCUT2D eigenvalue weighted by molar-refractivity contribution is 6.52. The van der Waals surface area contributed by atoms with Crippen LogP contribution in [-0.4, -0.2) is 25.3 Å². The smallest absolute Gasteiger partial charge is 0.299 e. The quantitative estimate of drug-likeness (QED) is 0.588. The molecule has 0 aliphatic carbocycles. The normalized spacial score (nSPS) is 13.9. The highest BCUT2D eigenvalue weighted by Gasteiger charge is 2.35. The van der Waals surface area contributed by atoms with Crippen LogP contribution < -0.4 is 9.64 Å². The van der Waals surface area contributed by atoms with Crippen molar-refractivity contribution in [2.75, 3.05) is 18.6 Å². The first-order chi connectivity index (χ1) is 8.04. The molecule has 0 unspecified atom stereocenters. The first-order valence-corrected chi connectivity index (χ1v) is 5.23. The van der Waals surface area contributed by atoms with Gasteiger partial charge < -0.3 is 9.64 Å². The van der Waals surface area contributed by atoms with Gasteiger partial charge in [-0.05, 0) is 19.1 Å². The third-order valence-corrected chi connectivity index (χ3v) is 2.61. The molecule has 1 aromatic rings. The largest absolute Gasteiger partial charge is 0.497 e. The predicted molar refractivity (Wildman–Crippen MR) is 64.5 cm³/mol. The summed E-state index contributed by atoms with van der Waals surface area (Å²) in [5, 5.41) is 0. The Morgan fingerprint density at radius 1 is 1.41 bits per heavy atom. The number of Topliss-reactive ketones (excluding diaryl/α,β-unsaturated/α-hetero) is 1. The summed E-state index contributed by atoms with van der Waals surface area (Å²) in [7, 11) is 1.55. The molecule has 0 saturated heterocycles. The maximum Gasteiger partial charge on any atom is 0.299 e. The number of methoxy groups -OCH3 is 1. The standard InChI is InChI=1S/C13H13NO3/c1-8(2)7-14-11-6-9(17-3)4-5-10(11)12(15)13(14)16/h4-6H,1,7H2,2-3H3. The van der Waals surface area contributed by atoms with Crippen LogP contribution in [0.1, 0.15) is 17.3 Å². The van der Waals surface area contributed by atoms with Crippen LogP contribution in [0.3, 0.4) is 0 Å². The fourth-order valence-electron chi connectivity index (χ4n) is 1.83. The van der Waals surface area contributed by atoms with Crippen LogP contribution in [0.2, 0.25) is 0 Å². The average Bonchev–Trinajstić information content (AvgIpc) is 2.53. The van der Waals surface area contributed by atoms with Gasteiger partial charge in [0.1, 0.15) is 5.75 Å². The number of anilines is 1. The second kappa shape index (κ2) is 4.05.